The lowest BCUT2D eigenvalue weighted by Gasteiger charge is -2.33. The normalized spacial score (nSPS) is 16.8. The molecular formula is C24H31N7O2S2. The Morgan fingerprint density at radius 2 is 2.09 bits per heavy atom. The Morgan fingerprint density at radius 3 is 2.83 bits per heavy atom. The van der Waals surface area contributed by atoms with Gasteiger partial charge in [0, 0.05) is 43.9 Å². The van der Waals surface area contributed by atoms with Crippen LogP contribution in [-0.2, 0) is 16.6 Å². The predicted octanol–water partition coefficient (Wildman–Crippen LogP) is 4.15. The van der Waals surface area contributed by atoms with E-state index in [2.05, 4.69) is 42.4 Å². The van der Waals surface area contributed by atoms with Gasteiger partial charge in [-0.15, -0.1) is 11.3 Å². The second kappa shape index (κ2) is 11.7. The number of sulfonamides is 1. The zero-order chi connectivity index (χ0) is 24.7. The fourth-order valence-corrected chi connectivity index (χ4v) is 5.92. The van der Waals surface area contributed by atoms with Crippen molar-refractivity contribution in [2.45, 2.75) is 30.7 Å². The molecule has 3 heterocycles. The van der Waals surface area contributed by atoms with E-state index in [1.165, 1.54) is 10.5 Å². The third-order valence-electron chi connectivity index (χ3n) is 6.05. The molecule has 186 valence electrons. The Balaban J connectivity index is 1.31. The summed E-state index contributed by atoms with van der Waals surface area (Å²) >= 11 is 1.62. The van der Waals surface area contributed by atoms with Gasteiger partial charge in [-0.3, -0.25) is 4.90 Å². The van der Waals surface area contributed by atoms with E-state index in [1.807, 2.05) is 5.51 Å². The smallest absolute Gasteiger partial charge is 0.242 e. The average molecular weight is 514 g/mol. The SMILES string of the molecule is C=CNc1ccnc(Nc2ccc(S(=O)(=O)N(C)CCC3CCCN(Cc4cscn4)C3)cc2)n1. The molecule has 0 amide bonds. The summed E-state index contributed by atoms with van der Waals surface area (Å²) in [6.45, 7) is 7.04. The first-order chi connectivity index (χ1) is 16.9. The molecule has 0 bridgehead atoms. The third-order valence-corrected chi connectivity index (χ3v) is 8.55. The molecule has 11 heteroatoms. The summed E-state index contributed by atoms with van der Waals surface area (Å²) < 4.78 is 27.7. The first kappa shape index (κ1) is 25.2. The maximum absolute atomic E-state index is 13.1. The van der Waals surface area contributed by atoms with Crippen molar-refractivity contribution in [3.05, 3.63) is 65.9 Å². The van der Waals surface area contributed by atoms with Gasteiger partial charge in [-0.2, -0.15) is 4.98 Å². The Kier molecular flexibility index (Phi) is 8.45. The van der Waals surface area contributed by atoms with Crippen LogP contribution in [0.5, 0.6) is 0 Å². The van der Waals surface area contributed by atoms with Crippen LogP contribution in [0.2, 0.25) is 0 Å². The molecule has 9 nitrogen and oxygen atoms in total. The lowest BCUT2D eigenvalue weighted by atomic mass is 9.95. The highest BCUT2D eigenvalue weighted by atomic mass is 32.2. The molecule has 1 saturated heterocycles. The van der Waals surface area contributed by atoms with Crippen LogP contribution in [0.25, 0.3) is 0 Å². The fourth-order valence-electron chi connectivity index (χ4n) is 4.18. The number of benzene rings is 1. The molecule has 3 aromatic rings. The van der Waals surface area contributed by atoms with Gasteiger partial charge in [0.15, 0.2) is 0 Å². The van der Waals surface area contributed by atoms with Crippen LogP contribution in [0.15, 0.2) is 65.1 Å². The minimum atomic E-state index is -3.57. The zero-order valence-electron chi connectivity index (χ0n) is 19.8. The van der Waals surface area contributed by atoms with Gasteiger partial charge < -0.3 is 10.6 Å². The standard InChI is InChI=1S/C24H31N7O2S2/c1-3-25-23-10-12-26-24(29-23)28-20-6-8-22(9-7-20)35(32,33)30(2)14-11-19-5-4-13-31(15-19)16-21-17-34-18-27-21/h3,6-10,12,17-19H,1,4-5,11,13-16H2,2H3,(H2,25,26,28,29). The van der Waals surface area contributed by atoms with Gasteiger partial charge in [0.2, 0.25) is 16.0 Å². The molecule has 0 saturated carbocycles. The van der Waals surface area contributed by atoms with E-state index in [9.17, 15) is 8.42 Å². The van der Waals surface area contributed by atoms with Crippen molar-refractivity contribution in [2.75, 3.05) is 37.3 Å². The first-order valence-corrected chi connectivity index (χ1v) is 14.0. The Bertz CT molecular complexity index is 1200. The van der Waals surface area contributed by atoms with Crippen LogP contribution < -0.4 is 10.6 Å². The van der Waals surface area contributed by atoms with Gasteiger partial charge in [-0.25, -0.2) is 22.7 Å². The second-order valence-corrected chi connectivity index (χ2v) is 11.4. The van der Waals surface area contributed by atoms with Crippen LogP contribution in [0, 0.1) is 5.92 Å². The lowest BCUT2D eigenvalue weighted by Crippen LogP contribution is -2.37. The molecule has 1 unspecified atom stereocenters. The molecule has 0 aliphatic carbocycles. The number of hydrogen-bond donors (Lipinski definition) is 2. The van der Waals surface area contributed by atoms with Gasteiger partial charge in [-0.05, 0) is 68.3 Å². The summed E-state index contributed by atoms with van der Waals surface area (Å²) in [4.78, 5) is 15.6. The van der Waals surface area contributed by atoms with Crippen LogP contribution >= 0.6 is 11.3 Å². The highest BCUT2D eigenvalue weighted by Crippen LogP contribution is 2.24. The van der Waals surface area contributed by atoms with Crippen LogP contribution in [0.4, 0.5) is 17.5 Å². The molecule has 0 radical (unpaired) electrons. The van der Waals surface area contributed by atoms with Crippen molar-refractivity contribution in [1.29, 1.82) is 0 Å². The van der Waals surface area contributed by atoms with E-state index in [-0.39, 0.29) is 4.90 Å². The van der Waals surface area contributed by atoms with E-state index >= 15 is 0 Å². The number of thiazole rings is 1. The van der Waals surface area contributed by atoms with E-state index in [1.54, 1.807) is 54.9 Å². The summed E-state index contributed by atoms with van der Waals surface area (Å²) in [5.74, 6) is 1.50. The van der Waals surface area contributed by atoms with Crippen molar-refractivity contribution in [3.8, 4) is 0 Å². The quantitative estimate of drug-likeness (QED) is 0.394. The van der Waals surface area contributed by atoms with Gasteiger partial charge in [-0.1, -0.05) is 6.58 Å². The molecule has 1 fully saturated rings. The molecule has 0 spiro atoms. The number of rotatable bonds is 11. The third kappa shape index (κ3) is 6.85. The molecule has 1 atom stereocenters. The van der Waals surface area contributed by atoms with Gasteiger partial charge >= 0.3 is 0 Å². The van der Waals surface area contributed by atoms with Crippen molar-refractivity contribution < 1.29 is 8.42 Å². The number of nitrogens with zero attached hydrogens (tertiary/aromatic N) is 5. The number of likely N-dealkylation sites (tertiary alicyclic amines) is 1. The number of aromatic nitrogens is 3. The Morgan fingerprint density at radius 1 is 1.26 bits per heavy atom. The van der Waals surface area contributed by atoms with E-state index in [4.69, 9.17) is 0 Å². The monoisotopic (exact) mass is 513 g/mol. The summed E-state index contributed by atoms with van der Waals surface area (Å²) in [6.07, 6.45) is 6.27. The minimum absolute atomic E-state index is 0.266. The minimum Gasteiger partial charge on any atom is -0.347 e. The molecular weight excluding hydrogens is 482 g/mol. The number of piperidine rings is 1. The molecule has 2 aromatic heterocycles. The topological polar surface area (TPSA) is 103 Å². The molecule has 1 aliphatic rings. The number of hydrogen-bond acceptors (Lipinski definition) is 9. The number of nitrogens with one attached hydrogen (secondary N) is 2. The van der Waals surface area contributed by atoms with E-state index in [0.717, 1.165) is 44.6 Å². The summed E-state index contributed by atoms with van der Waals surface area (Å²) in [5.41, 5.74) is 3.68. The first-order valence-electron chi connectivity index (χ1n) is 11.6. The molecule has 4 rings (SSSR count). The maximum Gasteiger partial charge on any atom is 0.242 e. The second-order valence-electron chi connectivity index (χ2n) is 8.60. The van der Waals surface area contributed by atoms with E-state index in [0.29, 0.717) is 29.9 Å². The average Bonchev–Trinajstić information content (AvgIpc) is 3.36. The molecule has 1 aromatic carbocycles. The van der Waals surface area contributed by atoms with E-state index < -0.39 is 10.0 Å². The van der Waals surface area contributed by atoms with Crippen molar-refractivity contribution in [1.82, 2.24) is 24.2 Å². The molecule has 2 N–H and O–H groups in total. The molecule has 1 aliphatic heterocycles. The van der Waals surface area contributed by atoms with Crippen LogP contribution in [0.3, 0.4) is 0 Å². The number of anilines is 3. The lowest BCUT2D eigenvalue weighted by molar-refractivity contribution is 0.157. The highest BCUT2D eigenvalue weighted by molar-refractivity contribution is 7.89. The van der Waals surface area contributed by atoms with Gasteiger partial charge in [0.05, 0.1) is 16.1 Å². The van der Waals surface area contributed by atoms with Crippen molar-refractivity contribution in [2.24, 2.45) is 5.92 Å². The van der Waals surface area contributed by atoms with Crippen LogP contribution in [0.1, 0.15) is 25.0 Å². The van der Waals surface area contributed by atoms with Crippen LogP contribution in [-0.4, -0.2) is 59.3 Å². The molecule has 35 heavy (non-hydrogen) atoms. The van der Waals surface area contributed by atoms with Gasteiger partial charge in [0.25, 0.3) is 0 Å². The maximum atomic E-state index is 13.1. The highest BCUT2D eigenvalue weighted by Gasteiger charge is 2.24. The Hall–Kier alpha value is -2.86. The summed E-state index contributed by atoms with van der Waals surface area (Å²) in [7, 11) is -1.91. The predicted molar refractivity (Wildman–Crippen MR) is 140 cm³/mol. The largest absolute Gasteiger partial charge is 0.347 e. The fraction of sp³-hybridized carbons (Fsp3) is 0.375. The zero-order valence-corrected chi connectivity index (χ0v) is 21.4. The van der Waals surface area contributed by atoms with Crippen molar-refractivity contribution >= 4 is 38.8 Å². The summed E-state index contributed by atoms with van der Waals surface area (Å²) in [5, 5.41) is 8.08. The van der Waals surface area contributed by atoms with Gasteiger partial charge in [0.1, 0.15) is 5.82 Å². The Labute approximate surface area is 211 Å². The summed E-state index contributed by atoms with van der Waals surface area (Å²) in [6, 6.07) is 8.38. The van der Waals surface area contributed by atoms with Crippen molar-refractivity contribution in [3.63, 3.8) is 0 Å².